The summed E-state index contributed by atoms with van der Waals surface area (Å²) in [7, 11) is 0. The lowest BCUT2D eigenvalue weighted by Gasteiger charge is -2.45. The maximum atomic E-state index is 6.45. The van der Waals surface area contributed by atoms with Gasteiger partial charge >= 0.3 is 0 Å². The van der Waals surface area contributed by atoms with Gasteiger partial charge in [0.2, 0.25) is 0 Å². The van der Waals surface area contributed by atoms with Crippen LogP contribution in [0.2, 0.25) is 0 Å². The summed E-state index contributed by atoms with van der Waals surface area (Å²) in [5.41, 5.74) is 26.5. The molecule has 1 aromatic heterocycles. The van der Waals surface area contributed by atoms with Crippen LogP contribution in [0.4, 0.5) is 51.2 Å². The molecule has 0 fully saturated rings. The number of fused-ring (bicyclic) bond motifs is 8. The molecule has 87 heavy (non-hydrogen) atoms. The third kappa shape index (κ3) is 9.22. The summed E-state index contributed by atoms with van der Waals surface area (Å²) >= 11 is 0. The number of nitrogens with zero attached hydrogens (tertiary/aromatic N) is 3. The predicted molar refractivity (Wildman–Crippen MR) is 372 cm³/mol. The zero-order valence-electron chi connectivity index (χ0n) is 51.2. The first kappa shape index (κ1) is 53.9. The molecule has 0 spiro atoms. The monoisotopic (exact) mass is 1120 g/mol. The van der Waals surface area contributed by atoms with E-state index in [0.29, 0.717) is 0 Å². The van der Waals surface area contributed by atoms with Gasteiger partial charge in [-0.3, -0.25) is 0 Å². The summed E-state index contributed by atoms with van der Waals surface area (Å²) in [4.78, 5) is 7.65. The fourth-order valence-corrected chi connectivity index (χ4v) is 13.7. The molecule has 0 atom stereocenters. The molecule has 2 aliphatic heterocycles. The molecule has 0 saturated carbocycles. The average molecular weight is 1120 g/mol. The van der Waals surface area contributed by atoms with Crippen LogP contribution >= 0.6 is 0 Å². The lowest BCUT2D eigenvalue weighted by atomic mass is 9.33. The fraction of sp³-hybridized carbons (Fsp3) is 0.146. The first-order chi connectivity index (χ1) is 42.0. The van der Waals surface area contributed by atoms with Gasteiger partial charge < -0.3 is 19.1 Å². The number of rotatable bonds is 8. The Morgan fingerprint density at radius 2 is 0.851 bits per heavy atom. The van der Waals surface area contributed by atoms with Crippen molar-refractivity contribution in [2.45, 2.75) is 78.6 Å². The first-order valence-electron chi connectivity index (χ1n) is 30.8. The predicted octanol–water partition coefficient (Wildman–Crippen LogP) is 21.2. The van der Waals surface area contributed by atoms with E-state index in [1.54, 1.807) is 0 Å². The molecule has 4 nitrogen and oxygen atoms in total. The van der Waals surface area contributed by atoms with Gasteiger partial charge in [0.1, 0.15) is 11.2 Å². The Balaban J connectivity index is 1.01. The van der Waals surface area contributed by atoms with Gasteiger partial charge in [-0.2, -0.15) is 0 Å². The van der Waals surface area contributed by atoms with E-state index in [1.807, 2.05) is 6.07 Å². The molecule has 2 aliphatic rings. The highest BCUT2D eigenvalue weighted by Gasteiger charge is 2.45. The molecule has 12 aromatic carbocycles. The Kier molecular flexibility index (Phi) is 12.6. The first-order valence-corrected chi connectivity index (χ1v) is 30.8. The number of para-hydroxylation sites is 1. The minimum Gasteiger partial charge on any atom is -0.456 e. The molecule has 3 heterocycles. The lowest BCUT2D eigenvalue weighted by molar-refractivity contribution is 0.590. The summed E-state index contributed by atoms with van der Waals surface area (Å²) in [6, 6.07) is 97.6. The highest BCUT2D eigenvalue weighted by atomic mass is 16.3. The molecule has 422 valence electrons. The molecule has 0 N–H and O–H groups in total. The van der Waals surface area contributed by atoms with Gasteiger partial charge in [-0.1, -0.05) is 238 Å². The van der Waals surface area contributed by atoms with Crippen molar-refractivity contribution in [2.24, 2.45) is 0 Å². The lowest BCUT2D eigenvalue weighted by Crippen LogP contribution is -2.61. The van der Waals surface area contributed by atoms with Crippen molar-refractivity contribution in [1.82, 2.24) is 0 Å². The topological polar surface area (TPSA) is 22.9 Å². The maximum Gasteiger partial charge on any atom is 0.252 e. The summed E-state index contributed by atoms with van der Waals surface area (Å²) in [5, 5.41) is 4.67. The number of benzene rings is 12. The molecule has 5 heteroatoms. The Morgan fingerprint density at radius 1 is 0.322 bits per heavy atom. The van der Waals surface area contributed by atoms with E-state index in [-0.39, 0.29) is 23.0 Å². The fourth-order valence-electron chi connectivity index (χ4n) is 13.7. The van der Waals surface area contributed by atoms with E-state index in [4.69, 9.17) is 4.42 Å². The van der Waals surface area contributed by atoms with Crippen molar-refractivity contribution in [1.29, 1.82) is 0 Å². The highest BCUT2D eigenvalue weighted by Crippen LogP contribution is 2.51. The molecule has 0 bridgehead atoms. The second kappa shape index (κ2) is 20.4. The van der Waals surface area contributed by atoms with Crippen molar-refractivity contribution in [2.75, 3.05) is 14.7 Å². The zero-order valence-corrected chi connectivity index (χ0v) is 51.2. The minimum absolute atomic E-state index is 0.00151. The van der Waals surface area contributed by atoms with E-state index in [0.717, 1.165) is 67.2 Å². The minimum atomic E-state index is -0.220. The Morgan fingerprint density at radius 3 is 1.49 bits per heavy atom. The van der Waals surface area contributed by atoms with Crippen LogP contribution in [0, 0.1) is 0 Å². The average Bonchev–Trinajstić information content (AvgIpc) is 1.17. The molecule has 13 aromatic rings. The van der Waals surface area contributed by atoms with Crippen molar-refractivity contribution in [3.05, 3.63) is 278 Å². The molecule has 0 unspecified atom stereocenters. The summed E-state index contributed by atoms with van der Waals surface area (Å²) in [5.74, 6) is 0. The van der Waals surface area contributed by atoms with E-state index < -0.39 is 0 Å². The van der Waals surface area contributed by atoms with Gasteiger partial charge in [0.05, 0.1) is 5.69 Å². The molecule has 0 radical (unpaired) electrons. The van der Waals surface area contributed by atoms with Gasteiger partial charge in [0.25, 0.3) is 6.71 Å². The molecule has 15 rings (SSSR count). The number of anilines is 9. The number of furan rings is 1. The van der Waals surface area contributed by atoms with Crippen LogP contribution < -0.4 is 31.1 Å². The Hall–Kier alpha value is -9.84. The van der Waals surface area contributed by atoms with Gasteiger partial charge in [-0.05, 0) is 173 Å². The van der Waals surface area contributed by atoms with Crippen molar-refractivity contribution in [3.8, 4) is 33.4 Å². The molecular formula is C82H70BN3O. The van der Waals surface area contributed by atoms with Crippen LogP contribution in [0.5, 0.6) is 0 Å². The van der Waals surface area contributed by atoms with Gasteiger partial charge in [-0.15, -0.1) is 0 Å². The van der Waals surface area contributed by atoms with E-state index in [9.17, 15) is 0 Å². The quantitative estimate of drug-likeness (QED) is 0.141. The van der Waals surface area contributed by atoms with Gasteiger partial charge in [-0.25, -0.2) is 0 Å². The number of hydrogen-bond acceptors (Lipinski definition) is 4. The van der Waals surface area contributed by atoms with Gasteiger partial charge in [0, 0.05) is 61.7 Å². The van der Waals surface area contributed by atoms with Crippen LogP contribution in [0.3, 0.4) is 0 Å². The van der Waals surface area contributed by atoms with E-state index in [2.05, 4.69) is 332 Å². The summed E-state index contributed by atoms with van der Waals surface area (Å²) in [6.45, 7) is 20.7. The molecule has 0 aliphatic carbocycles. The smallest absolute Gasteiger partial charge is 0.252 e. The van der Waals surface area contributed by atoms with Crippen LogP contribution in [0.1, 0.15) is 79.0 Å². The number of hydrogen-bond donors (Lipinski definition) is 0. The van der Waals surface area contributed by atoms with Gasteiger partial charge in [0.15, 0.2) is 0 Å². The maximum absolute atomic E-state index is 6.45. The van der Waals surface area contributed by atoms with Crippen molar-refractivity contribution < 1.29 is 4.42 Å². The van der Waals surface area contributed by atoms with E-state index in [1.165, 1.54) is 83.2 Å². The SMILES string of the molecule is CC(C)(C)c1ccc(N(c2ccc(C(C)(C)C)cc2)c2ccc3c(c2)N(c2ccc(-c4cccc5oc6ccccc6c45)cc2)c2cc(C(C)(C)C)cc4c2B3c2cc(-c3ccccc3)ccc2N4c2ccc(-c3ccccc3)c3ccccc23)cc1. The van der Waals surface area contributed by atoms with E-state index >= 15 is 0 Å². The largest absolute Gasteiger partial charge is 0.456 e. The summed E-state index contributed by atoms with van der Waals surface area (Å²) in [6.07, 6.45) is 0. The molecule has 0 amide bonds. The van der Waals surface area contributed by atoms with Crippen molar-refractivity contribution >= 4 is 107 Å². The Bertz CT molecular complexity index is 4730. The van der Waals surface area contributed by atoms with Crippen molar-refractivity contribution in [3.63, 3.8) is 0 Å². The second-order valence-corrected chi connectivity index (χ2v) is 27.0. The van der Waals surface area contributed by atoms with Crippen LogP contribution in [0.25, 0.3) is 66.1 Å². The molecular weight excluding hydrogens is 1050 g/mol. The van der Waals surface area contributed by atoms with Crippen LogP contribution in [0.15, 0.2) is 265 Å². The Labute approximate surface area is 512 Å². The van der Waals surface area contributed by atoms with Crippen LogP contribution in [-0.4, -0.2) is 6.71 Å². The van der Waals surface area contributed by atoms with Crippen LogP contribution in [-0.2, 0) is 16.2 Å². The normalized spacial score (nSPS) is 13.0. The summed E-state index contributed by atoms with van der Waals surface area (Å²) < 4.78 is 6.45. The third-order valence-electron chi connectivity index (χ3n) is 18.3. The standard InChI is InChI=1S/C82H70BN3O/c1-80(2,3)57-34-40-60(41-35-57)84(61-42-36-58(37-43-61)81(4,5)6)63-44-46-69-73(52-63)85(62-38-31-55(32-39-62)65-28-20-30-77-78(65)68-27-18-19-29-76(68)87-77)74-50-59(82(7,8)9)51-75-79(74)83(69)70-49-56(53-21-12-10-13-22-53)33-47-72(70)86(75)71-48-45-64(54-23-14-11-15-24-54)66-25-16-17-26-67(66)71/h10-52H,1-9H3. The third-order valence-corrected chi connectivity index (χ3v) is 18.3. The zero-order chi connectivity index (χ0) is 59.5. The highest BCUT2D eigenvalue weighted by molar-refractivity contribution is 7.00. The second-order valence-electron chi connectivity index (χ2n) is 27.0. The molecule has 0 saturated heterocycles.